The lowest BCUT2D eigenvalue weighted by Gasteiger charge is -2.41. The minimum Gasteiger partial charge on any atom is -0.483 e. The highest BCUT2D eigenvalue weighted by Crippen LogP contribution is 2.41. The van der Waals surface area contributed by atoms with Crippen LogP contribution in [0.1, 0.15) is 29.1 Å². The zero-order chi connectivity index (χ0) is 21.5. The molecule has 0 atom stereocenters. The van der Waals surface area contributed by atoms with Crippen LogP contribution in [0.25, 0.3) is 0 Å². The second-order valence-electron chi connectivity index (χ2n) is 6.78. The standard InChI is InChI=1S/C18H23N3O3S2.CH2O2/c1-14-20-16(13-25-14)18(15-6-4-3-5-7-15)8-10-21(11-9-18)17(22)12-19-26(2,23)24;2-1-3/h3-7,13,19H,8-12H2,1-2H3;1H,(H,2,3). The number of carboxylic acid groups (broad SMARTS) is 1. The van der Waals surface area contributed by atoms with Gasteiger partial charge >= 0.3 is 0 Å². The minimum atomic E-state index is -3.37. The first-order valence-electron chi connectivity index (χ1n) is 9.00. The van der Waals surface area contributed by atoms with E-state index < -0.39 is 10.0 Å². The van der Waals surface area contributed by atoms with Crippen molar-refractivity contribution >= 4 is 33.7 Å². The number of carbonyl (C=O) groups is 2. The monoisotopic (exact) mass is 439 g/mol. The van der Waals surface area contributed by atoms with Gasteiger partial charge in [0.2, 0.25) is 15.9 Å². The maximum Gasteiger partial charge on any atom is 0.290 e. The molecule has 1 saturated heterocycles. The predicted molar refractivity (Wildman–Crippen MR) is 111 cm³/mol. The van der Waals surface area contributed by atoms with E-state index in [0.29, 0.717) is 13.1 Å². The number of thiazole rings is 1. The first-order valence-corrected chi connectivity index (χ1v) is 11.8. The number of amides is 1. The number of aryl methyl sites for hydroxylation is 1. The van der Waals surface area contributed by atoms with Crippen molar-refractivity contribution < 1.29 is 23.1 Å². The van der Waals surface area contributed by atoms with Gasteiger partial charge in [-0.2, -0.15) is 0 Å². The van der Waals surface area contributed by atoms with Crippen molar-refractivity contribution in [3.63, 3.8) is 0 Å². The lowest BCUT2D eigenvalue weighted by atomic mass is 9.70. The van der Waals surface area contributed by atoms with E-state index in [1.165, 1.54) is 5.56 Å². The Morgan fingerprint density at radius 1 is 1.31 bits per heavy atom. The lowest BCUT2D eigenvalue weighted by Crippen LogP contribution is -2.48. The Labute approximate surface area is 174 Å². The summed E-state index contributed by atoms with van der Waals surface area (Å²) in [4.78, 5) is 27.2. The number of aromatic nitrogens is 1. The summed E-state index contributed by atoms with van der Waals surface area (Å²) in [5.41, 5.74) is 2.08. The van der Waals surface area contributed by atoms with Gasteiger partial charge in [-0.15, -0.1) is 11.3 Å². The van der Waals surface area contributed by atoms with Crippen LogP contribution in [0.2, 0.25) is 0 Å². The van der Waals surface area contributed by atoms with Crippen LogP contribution in [0.4, 0.5) is 0 Å². The molecule has 1 aromatic heterocycles. The van der Waals surface area contributed by atoms with Gasteiger partial charge in [0, 0.05) is 23.9 Å². The van der Waals surface area contributed by atoms with Crippen LogP contribution in [-0.4, -0.2) is 61.7 Å². The van der Waals surface area contributed by atoms with Gasteiger partial charge in [-0.1, -0.05) is 30.3 Å². The highest BCUT2D eigenvalue weighted by Gasteiger charge is 2.40. The van der Waals surface area contributed by atoms with Crippen LogP contribution in [0, 0.1) is 6.92 Å². The molecular weight excluding hydrogens is 414 g/mol. The molecule has 0 unspecified atom stereocenters. The molecule has 3 rings (SSSR count). The molecule has 0 spiro atoms. The summed E-state index contributed by atoms with van der Waals surface area (Å²) < 4.78 is 24.7. The number of nitrogens with one attached hydrogen (secondary N) is 1. The van der Waals surface area contributed by atoms with Crippen LogP contribution >= 0.6 is 11.3 Å². The van der Waals surface area contributed by atoms with Gasteiger partial charge in [-0.3, -0.25) is 9.59 Å². The van der Waals surface area contributed by atoms with Crippen molar-refractivity contribution in [2.45, 2.75) is 25.2 Å². The number of rotatable bonds is 5. The maximum absolute atomic E-state index is 12.3. The number of nitrogens with zero attached hydrogens (tertiary/aromatic N) is 2. The number of carbonyl (C=O) groups excluding carboxylic acids is 1. The van der Waals surface area contributed by atoms with Gasteiger partial charge in [-0.25, -0.2) is 18.1 Å². The summed E-state index contributed by atoms with van der Waals surface area (Å²) in [5.74, 6) is -0.188. The van der Waals surface area contributed by atoms with Gasteiger partial charge < -0.3 is 10.0 Å². The molecule has 2 heterocycles. The first kappa shape index (κ1) is 23.0. The molecule has 10 heteroatoms. The van der Waals surface area contributed by atoms with Crippen molar-refractivity contribution in [2.75, 3.05) is 25.9 Å². The van der Waals surface area contributed by atoms with E-state index in [9.17, 15) is 13.2 Å². The average molecular weight is 440 g/mol. The molecule has 0 aliphatic carbocycles. The normalized spacial score (nSPS) is 15.9. The fourth-order valence-corrected chi connectivity index (χ4v) is 4.57. The SMILES string of the molecule is Cc1nc(C2(c3ccccc3)CCN(C(=O)CNS(C)(=O)=O)CC2)cs1.O=CO. The molecule has 29 heavy (non-hydrogen) atoms. The van der Waals surface area contributed by atoms with E-state index in [4.69, 9.17) is 14.9 Å². The van der Waals surface area contributed by atoms with Gasteiger partial charge in [-0.05, 0) is 25.3 Å². The highest BCUT2D eigenvalue weighted by atomic mass is 32.2. The number of likely N-dealkylation sites (tertiary alicyclic amines) is 1. The van der Waals surface area contributed by atoms with E-state index in [0.717, 1.165) is 29.8 Å². The topological polar surface area (TPSA) is 117 Å². The molecule has 1 aromatic carbocycles. The van der Waals surface area contributed by atoms with Gasteiger partial charge in [0.1, 0.15) is 0 Å². The van der Waals surface area contributed by atoms with Gasteiger partial charge in [0.15, 0.2) is 0 Å². The summed E-state index contributed by atoms with van der Waals surface area (Å²) in [6.07, 6.45) is 2.59. The molecular formula is C19H25N3O5S2. The fraction of sp³-hybridized carbons (Fsp3) is 0.421. The van der Waals surface area contributed by atoms with Crippen LogP contribution in [0.3, 0.4) is 0 Å². The van der Waals surface area contributed by atoms with Crippen LogP contribution in [-0.2, 0) is 25.0 Å². The average Bonchev–Trinajstić information content (AvgIpc) is 3.14. The Morgan fingerprint density at radius 3 is 2.38 bits per heavy atom. The second-order valence-corrected chi connectivity index (χ2v) is 9.67. The Balaban J connectivity index is 0.000000941. The third-order valence-electron chi connectivity index (χ3n) is 4.89. The van der Waals surface area contributed by atoms with E-state index in [2.05, 4.69) is 22.2 Å². The molecule has 1 fully saturated rings. The summed E-state index contributed by atoms with van der Waals surface area (Å²) in [6.45, 7) is 2.72. The molecule has 0 radical (unpaired) electrons. The quantitative estimate of drug-likeness (QED) is 0.684. The van der Waals surface area contributed by atoms with E-state index >= 15 is 0 Å². The van der Waals surface area contributed by atoms with Crippen molar-refractivity contribution in [3.8, 4) is 0 Å². The van der Waals surface area contributed by atoms with E-state index in [1.807, 2.05) is 25.1 Å². The van der Waals surface area contributed by atoms with Crippen LogP contribution in [0.15, 0.2) is 35.7 Å². The van der Waals surface area contributed by atoms with Crippen molar-refractivity contribution in [2.24, 2.45) is 0 Å². The highest BCUT2D eigenvalue weighted by molar-refractivity contribution is 7.88. The smallest absolute Gasteiger partial charge is 0.290 e. The lowest BCUT2D eigenvalue weighted by molar-refractivity contribution is -0.131. The molecule has 0 bridgehead atoms. The summed E-state index contributed by atoms with van der Waals surface area (Å²) in [6, 6.07) is 10.3. The van der Waals surface area contributed by atoms with Gasteiger partial charge in [0.25, 0.3) is 6.47 Å². The van der Waals surface area contributed by atoms with Crippen molar-refractivity contribution in [1.82, 2.24) is 14.6 Å². The van der Waals surface area contributed by atoms with Crippen LogP contribution < -0.4 is 4.72 Å². The predicted octanol–water partition coefficient (Wildman–Crippen LogP) is 1.61. The summed E-state index contributed by atoms with van der Waals surface area (Å²) in [5, 5.41) is 10.0. The summed E-state index contributed by atoms with van der Waals surface area (Å²) in [7, 11) is -3.37. The van der Waals surface area contributed by atoms with E-state index in [-0.39, 0.29) is 24.3 Å². The van der Waals surface area contributed by atoms with Crippen molar-refractivity contribution in [3.05, 3.63) is 52.0 Å². The zero-order valence-corrected chi connectivity index (χ0v) is 18.0. The molecule has 158 valence electrons. The second kappa shape index (κ2) is 9.95. The number of sulfonamides is 1. The Morgan fingerprint density at radius 2 is 1.90 bits per heavy atom. The fourth-order valence-electron chi connectivity index (χ4n) is 3.48. The Kier molecular flexibility index (Phi) is 7.88. The molecule has 1 aliphatic rings. The zero-order valence-electron chi connectivity index (χ0n) is 16.4. The molecule has 2 aromatic rings. The van der Waals surface area contributed by atoms with E-state index in [1.54, 1.807) is 16.2 Å². The largest absolute Gasteiger partial charge is 0.483 e. The molecule has 1 aliphatic heterocycles. The third kappa shape index (κ3) is 6.09. The molecule has 8 nitrogen and oxygen atoms in total. The van der Waals surface area contributed by atoms with Gasteiger partial charge in [0.05, 0.1) is 23.5 Å². The maximum atomic E-state index is 12.3. The number of hydrogen-bond donors (Lipinski definition) is 2. The minimum absolute atomic E-state index is 0.188. The molecule has 1 amide bonds. The Bertz CT molecular complexity index is 920. The van der Waals surface area contributed by atoms with Crippen molar-refractivity contribution in [1.29, 1.82) is 0 Å². The number of piperidine rings is 1. The third-order valence-corrected chi connectivity index (χ3v) is 6.33. The first-order chi connectivity index (χ1) is 13.7. The Hall–Kier alpha value is -2.30. The summed E-state index contributed by atoms with van der Waals surface area (Å²) >= 11 is 1.64. The van der Waals surface area contributed by atoms with Crippen LogP contribution in [0.5, 0.6) is 0 Å². The number of benzene rings is 1. The molecule has 2 N–H and O–H groups in total. The number of hydrogen-bond acceptors (Lipinski definition) is 6. The molecule has 0 saturated carbocycles.